The molecule has 1 heterocycles. The van der Waals surface area contributed by atoms with E-state index in [1.54, 1.807) is 31.2 Å². The zero-order valence-electron chi connectivity index (χ0n) is 13.5. The molecular formula is C18H12Cl3N3O2. The van der Waals surface area contributed by atoms with E-state index in [9.17, 15) is 9.59 Å². The maximum absolute atomic E-state index is 12.5. The summed E-state index contributed by atoms with van der Waals surface area (Å²) >= 11 is 18.0. The van der Waals surface area contributed by atoms with Crippen molar-refractivity contribution in [1.29, 1.82) is 0 Å². The van der Waals surface area contributed by atoms with Gasteiger partial charge in [0.15, 0.2) is 5.69 Å². The molecule has 0 unspecified atom stereocenters. The van der Waals surface area contributed by atoms with Crippen molar-refractivity contribution in [3.05, 3.63) is 85.2 Å². The van der Waals surface area contributed by atoms with E-state index in [1.165, 1.54) is 28.9 Å². The van der Waals surface area contributed by atoms with Crippen molar-refractivity contribution in [1.82, 2.24) is 9.78 Å². The largest absolute Gasteiger partial charge is 0.320 e. The van der Waals surface area contributed by atoms with E-state index < -0.39 is 11.3 Å². The van der Waals surface area contributed by atoms with E-state index in [0.29, 0.717) is 32.1 Å². The van der Waals surface area contributed by atoms with Crippen molar-refractivity contribution < 1.29 is 4.79 Å². The van der Waals surface area contributed by atoms with Crippen molar-refractivity contribution in [3.8, 4) is 5.69 Å². The number of nitrogens with one attached hydrogen (secondary N) is 1. The monoisotopic (exact) mass is 407 g/mol. The number of benzene rings is 2. The van der Waals surface area contributed by atoms with E-state index >= 15 is 0 Å². The zero-order chi connectivity index (χ0) is 18.8. The van der Waals surface area contributed by atoms with Gasteiger partial charge in [-0.15, -0.1) is 0 Å². The lowest BCUT2D eigenvalue weighted by Gasteiger charge is -2.12. The molecule has 0 aliphatic carbocycles. The lowest BCUT2D eigenvalue weighted by Crippen LogP contribution is -2.27. The molecular weight excluding hydrogens is 397 g/mol. The molecule has 0 aliphatic rings. The van der Waals surface area contributed by atoms with Crippen LogP contribution >= 0.6 is 34.8 Å². The fourth-order valence-electron chi connectivity index (χ4n) is 2.39. The third-order valence-electron chi connectivity index (χ3n) is 3.52. The molecule has 2 aromatic carbocycles. The maximum atomic E-state index is 12.5. The molecule has 1 aromatic heterocycles. The molecule has 132 valence electrons. The second-order valence-corrected chi connectivity index (χ2v) is 6.75. The molecule has 0 fully saturated rings. The number of aryl methyl sites for hydroxylation is 1. The summed E-state index contributed by atoms with van der Waals surface area (Å²) in [5.41, 5.74) is 0.693. The van der Waals surface area contributed by atoms with Gasteiger partial charge in [0.25, 0.3) is 5.91 Å². The Kier molecular flexibility index (Phi) is 5.32. The van der Waals surface area contributed by atoms with E-state index in [1.807, 2.05) is 0 Å². The second kappa shape index (κ2) is 7.50. The number of carbonyl (C=O) groups excluding carboxylic acids is 1. The van der Waals surface area contributed by atoms with E-state index in [2.05, 4.69) is 10.4 Å². The number of halogens is 3. The Morgan fingerprint density at radius 3 is 2.35 bits per heavy atom. The Morgan fingerprint density at radius 1 is 1.04 bits per heavy atom. The van der Waals surface area contributed by atoms with Crippen LogP contribution in [0.25, 0.3) is 5.69 Å². The molecule has 0 spiro atoms. The van der Waals surface area contributed by atoms with Crippen molar-refractivity contribution in [3.63, 3.8) is 0 Å². The molecule has 0 bridgehead atoms. The quantitative estimate of drug-likeness (QED) is 0.680. The predicted octanol–water partition coefficient (Wildman–Crippen LogP) is 4.75. The Hall–Kier alpha value is -2.34. The van der Waals surface area contributed by atoms with Gasteiger partial charge in [0.2, 0.25) is 5.43 Å². The highest BCUT2D eigenvalue weighted by molar-refractivity contribution is 6.35. The topological polar surface area (TPSA) is 64.0 Å². The van der Waals surface area contributed by atoms with Crippen LogP contribution in [-0.4, -0.2) is 15.7 Å². The second-order valence-electron chi connectivity index (χ2n) is 5.47. The molecule has 0 radical (unpaired) electrons. The summed E-state index contributed by atoms with van der Waals surface area (Å²) in [6.07, 6.45) is 0. The van der Waals surface area contributed by atoms with Crippen LogP contribution in [0.3, 0.4) is 0 Å². The summed E-state index contributed by atoms with van der Waals surface area (Å²) in [6.45, 7) is 1.70. The van der Waals surface area contributed by atoms with Gasteiger partial charge in [-0.25, -0.2) is 4.68 Å². The Labute approximate surface area is 164 Å². The van der Waals surface area contributed by atoms with Crippen LogP contribution in [-0.2, 0) is 0 Å². The minimum absolute atomic E-state index is 0.272. The standard InChI is InChI=1S/C18H12Cl3N3O2/c1-10-6-16(25)17(23-24(10)15-5-3-2-4-14(15)21)18(26)22-13-8-11(19)7-12(20)9-13/h2-9H,1H3,(H,22,26). The van der Waals surface area contributed by atoms with E-state index in [4.69, 9.17) is 34.8 Å². The molecule has 8 heteroatoms. The first-order valence-corrected chi connectivity index (χ1v) is 8.62. The van der Waals surface area contributed by atoms with Gasteiger partial charge in [0.05, 0.1) is 10.7 Å². The maximum Gasteiger partial charge on any atom is 0.280 e. The Bertz CT molecular complexity index is 1040. The molecule has 3 rings (SSSR count). The number of carbonyl (C=O) groups is 1. The molecule has 0 atom stereocenters. The van der Waals surface area contributed by atoms with Crippen LogP contribution < -0.4 is 10.7 Å². The molecule has 0 saturated carbocycles. The molecule has 3 aromatic rings. The van der Waals surface area contributed by atoms with Crippen molar-refractivity contribution in [2.45, 2.75) is 6.92 Å². The number of rotatable bonds is 3. The van der Waals surface area contributed by atoms with Gasteiger partial charge in [-0.1, -0.05) is 46.9 Å². The highest BCUT2D eigenvalue weighted by atomic mass is 35.5. The van der Waals surface area contributed by atoms with Gasteiger partial charge in [-0.05, 0) is 37.3 Å². The highest BCUT2D eigenvalue weighted by Crippen LogP contribution is 2.23. The van der Waals surface area contributed by atoms with Gasteiger partial charge in [-0.2, -0.15) is 5.10 Å². The molecule has 5 nitrogen and oxygen atoms in total. The molecule has 0 saturated heterocycles. The average molecular weight is 409 g/mol. The zero-order valence-corrected chi connectivity index (χ0v) is 15.7. The minimum Gasteiger partial charge on any atom is -0.320 e. The molecule has 1 N–H and O–H groups in total. The van der Waals surface area contributed by atoms with E-state index in [-0.39, 0.29) is 5.69 Å². The fourth-order valence-corrected chi connectivity index (χ4v) is 3.13. The van der Waals surface area contributed by atoms with Crippen molar-refractivity contribution in [2.75, 3.05) is 5.32 Å². The first-order valence-electron chi connectivity index (χ1n) is 7.48. The third-order valence-corrected chi connectivity index (χ3v) is 4.28. The van der Waals surface area contributed by atoms with Crippen LogP contribution in [0.5, 0.6) is 0 Å². The number of anilines is 1. The van der Waals surface area contributed by atoms with Gasteiger partial charge in [0, 0.05) is 27.5 Å². The SMILES string of the molecule is Cc1cc(=O)c(C(=O)Nc2cc(Cl)cc(Cl)c2)nn1-c1ccccc1Cl. The van der Waals surface area contributed by atoms with E-state index in [0.717, 1.165) is 0 Å². The average Bonchev–Trinajstić information content (AvgIpc) is 2.55. The van der Waals surface area contributed by atoms with Crippen molar-refractivity contribution >= 4 is 46.4 Å². The lowest BCUT2D eigenvalue weighted by atomic mass is 10.2. The van der Waals surface area contributed by atoms with Crippen LogP contribution in [0.2, 0.25) is 15.1 Å². The normalized spacial score (nSPS) is 10.6. The number of nitrogens with zero attached hydrogens (tertiary/aromatic N) is 2. The highest BCUT2D eigenvalue weighted by Gasteiger charge is 2.17. The molecule has 26 heavy (non-hydrogen) atoms. The predicted molar refractivity (Wildman–Crippen MR) is 104 cm³/mol. The number of hydrogen-bond donors (Lipinski definition) is 1. The lowest BCUT2D eigenvalue weighted by molar-refractivity contribution is 0.101. The number of aromatic nitrogens is 2. The Morgan fingerprint density at radius 2 is 1.69 bits per heavy atom. The minimum atomic E-state index is -0.672. The van der Waals surface area contributed by atoms with Gasteiger partial charge < -0.3 is 5.32 Å². The summed E-state index contributed by atoms with van der Waals surface area (Å²) in [5, 5.41) is 7.93. The van der Waals surface area contributed by atoms with Crippen LogP contribution in [0.15, 0.2) is 53.3 Å². The van der Waals surface area contributed by atoms with Crippen LogP contribution in [0.1, 0.15) is 16.2 Å². The number of para-hydroxylation sites is 1. The van der Waals surface area contributed by atoms with Gasteiger partial charge in [0.1, 0.15) is 0 Å². The van der Waals surface area contributed by atoms with Gasteiger partial charge in [-0.3, -0.25) is 9.59 Å². The first kappa shape index (κ1) is 18.5. The van der Waals surface area contributed by atoms with Crippen molar-refractivity contribution in [2.24, 2.45) is 0 Å². The van der Waals surface area contributed by atoms with Crippen LogP contribution in [0, 0.1) is 6.92 Å². The number of hydrogen-bond acceptors (Lipinski definition) is 3. The summed E-state index contributed by atoms with van der Waals surface area (Å²) in [5.74, 6) is -0.672. The summed E-state index contributed by atoms with van der Waals surface area (Å²) in [6, 6.07) is 12.9. The summed E-state index contributed by atoms with van der Waals surface area (Å²) < 4.78 is 1.45. The third kappa shape index (κ3) is 3.90. The molecule has 0 aliphatic heterocycles. The van der Waals surface area contributed by atoms with Gasteiger partial charge >= 0.3 is 0 Å². The first-order chi connectivity index (χ1) is 12.3. The number of amides is 1. The fraction of sp³-hybridized carbons (Fsp3) is 0.0556. The molecule has 1 amide bonds. The Balaban J connectivity index is 2.02. The summed E-state index contributed by atoms with van der Waals surface area (Å²) in [7, 11) is 0. The summed E-state index contributed by atoms with van der Waals surface area (Å²) in [4.78, 5) is 24.8. The smallest absolute Gasteiger partial charge is 0.280 e. The van der Waals surface area contributed by atoms with Crippen LogP contribution in [0.4, 0.5) is 5.69 Å².